The van der Waals surface area contributed by atoms with Gasteiger partial charge in [0.05, 0.1) is 43.8 Å². The van der Waals surface area contributed by atoms with Crippen LogP contribution in [0, 0.1) is 11.6 Å². The van der Waals surface area contributed by atoms with Crippen molar-refractivity contribution in [3.05, 3.63) is 59.6 Å². The quantitative estimate of drug-likeness (QED) is 0.508. The maximum atomic E-state index is 15.2. The Labute approximate surface area is 199 Å². The number of benzene rings is 1. The lowest BCUT2D eigenvalue weighted by Crippen LogP contribution is -2.45. The number of hydrogen-bond acceptors (Lipinski definition) is 7. The number of hydrogen-bond donors (Lipinski definition) is 1. The van der Waals surface area contributed by atoms with Crippen LogP contribution in [0.5, 0.6) is 11.5 Å². The average Bonchev–Trinajstić information content (AvgIpc) is 3.65. The van der Waals surface area contributed by atoms with Crippen molar-refractivity contribution >= 4 is 29.2 Å². The van der Waals surface area contributed by atoms with Crippen LogP contribution in [-0.4, -0.2) is 36.4 Å². The number of rotatable bonds is 6. The molecular formula is C24H22F2N4O3S. The molecule has 2 aromatic heterocycles. The fourth-order valence-electron chi connectivity index (χ4n) is 4.48. The van der Waals surface area contributed by atoms with E-state index in [9.17, 15) is 4.79 Å². The van der Waals surface area contributed by atoms with Gasteiger partial charge in [-0.25, -0.2) is 8.78 Å². The molecule has 1 aliphatic carbocycles. The van der Waals surface area contributed by atoms with Crippen molar-refractivity contribution in [3.63, 3.8) is 0 Å². The van der Waals surface area contributed by atoms with Gasteiger partial charge in [-0.2, -0.15) is 0 Å². The van der Waals surface area contributed by atoms with E-state index < -0.39 is 22.7 Å². The van der Waals surface area contributed by atoms with E-state index in [2.05, 4.69) is 14.7 Å². The number of carbonyl (C=O) groups is 1. The molecule has 176 valence electrons. The van der Waals surface area contributed by atoms with Crippen molar-refractivity contribution in [1.29, 1.82) is 0 Å². The molecule has 1 aromatic carbocycles. The van der Waals surface area contributed by atoms with Gasteiger partial charge in [-0.15, -0.1) is 0 Å². The minimum absolute atomic E-state index is 0.0142. The van der Waals surface area contributed by atoms with Crippen molar-refractivity contribution in [2.45, 2.75) is 24.8 Å². The highest BCUT2D eigenvalue weighted by Gasteiger charge is 2.57. The zero-order valence-corrected chi connectivity index (χ0v) is 19.6. The number of pyridine rings is 2. The van der Waals surface area contributed by atoms with Gasteiger partial charge in [0.15, 0.2) is 23.1 Å². The Hall–Kier alpha value is -3.40. The maximum absolute atomic E-state index is 15.2. The van der Waals surface area contributed by atoms with Crippen LogP contribution in [0.15, 0.2) is 36.8 Å². The fourth-order valence-corrected chi connectivity index (χ4v) is 4.83. The van der Waals surface area contributed by atoms with Gasteiger partial charge in [0.25, 0.3) is 0 Å². The first-order valence-electron chi connectivity index (χ1n) is 10.6. The van der Waals surface area contributed by atoms with Crippen molar-refractivity contribution < 1.29 is 23.0 Å². The van der Waals surface area contributed by atoms with Crippen molar-refractivity contribution in [2.75, 3.05) is 30.1 Å². The number of carbonyl (C=O) groups excluding carboxylic acids is 1. The van der Waals surface area contributed by atoms with E-state index in [0.29, 0.717) is 18.5 Å². The number of halogens is 2. The highest BCUT2D eigenvalue weighted by atomic mass is 32.2. The molecule has 0 saturated heterocycles. The number of nitrogens with zero attached hydrogens (tertiary/aromatic N) is 3. The monoisotopic (exact) mass is 484 g/mol. The third kappa shape index (κ3) is 3.44. The Morgan fingerprint density at radius 2 is 1.76 bits per heavy atom. The number of fused-ring (bicyclic) bond motifs is 2. The van der Waals surface area contributed by atoms with Gasteiger partial charge in [0.1, 0.15) is 5.69 Å². The standard InChI is InChI=1S/C24H22F2N4O3S/c1-32-18-8-19(33-2)21(26)22(20(18)25)30-12-14-10-28-17(7-16(14)24(4-5-24)23(30)31)13-6-15(29-34-3)11-27-9-13/h6-11,29H,4-5,12H2,1-3H3. The first kappa shape index (κ1) is 22.4. The largest absolute Gasteiger partial charge is 0.493 e. The SMILES string of the molecule is COc1cc(OC)c(F)c(N2Cc3cnc(-c4cncc(NSC)c4)cc3C3(CC3)C2=O)c1F. The molecule has 1 N–H and O–H groups in total. The van der Waals surface area contributed by atoms with E-state index in [1.165, 1.54) is 26.2 Å². The molecule has 1 spiro atoms. The molecule has 10 heteroatoms. The molecule has 0 bridgehead atoms. The predicted octanol–water partition coefficient (Wildman–Crippen LogP) is 4.71. The van der Waals surface area contributed by atoms with Crippen LogP contribution in [0.4, 0.5) is 20.2 Å². The van der Waals surface area contributed by atoms with E-state index in [0.717, 1.165) is 33.3 Å². The summed E-state index contributed by atoms with van der Waals surface area (Å²) < 4.78 is 43.6. The molecule has 34 heavy (non-hydrogen) atoms. The average molecular weight is 485 g/mol. The van der Waals surface area contributed by atoms with Gasteiger partial charge < -0.3 is 19.1 Å². The van der Waals surface area contributed by atoms with E-state index in [1.54, 1.807) is 18.6 Å². The van der Waals surface area contributed by atoms with Crippen LogP contribution < -0.4 is 19.1 Å². The molecule has 1 aliphatic heterocycles. The summed E-state index contributed by atoms with van der Waals surface area (Å²) in [6.07, 6.45) is 8.20. The molecule has 3 heterocycles. The van der Waals surface area contributed by atoms with Gasteiger partial charge in [0.2, 0.25) is 5.91 Å². The lowest BCUT2D eigenvalue weighted by Gasteiger charge is -2.35. The Balaban J connectivity index is 1.59. The highest BCUT2D eigenvalue weighted by molar-refractivity contribution is 7.99. The Bertz CT molecular complexity index is 1270. The summed E-state index contributed by atoms with van der Waals surface area (Å²) in [6, 6.07) is 4.96. The Morgan fingerprint density at radius 1 is 1.06 bits per heavy atom. The summed E-state index contributed by atoms with van der Waals surface area (Å²) >= 11 is 1.46. The number of aromatic nitrogens is 2. The summed E-state index contributed by atoms with van der Waals surface area (Å²) in [5.41, 5.74) is 2.62. The van der Waals surface area contributed by atoms with E-state index in [1.807, 2.05) is 18.4 Å². The third-order valence-electron chi connectivity index (χ3n) is 6.31. The minimum atomic E-state index is -0.942. The first-order chi connectivity index (χ1) is 16.4. The normalized spacial score (nSPS) is 15.8. The molecule has 0 radical (unpaired) electrons. The molecule has 0 unspecified atom stereocenters. The van der Waals surface area contributed by atoms with Crippen molar-refractivity contribution in [1.82, 2.24) is 9.97 Å². The van der Waals surface area contributed by atoms with Gasteiger partial charge >= 0.3 is 0 Å². The fraction of sp³-hybridized carbons (Fsp3) is 0.292. The van der Waals surface area contributed by atoms with Gasteiger partial charge in [-0.1, -0.05) is 11.9 Å². The second-order valence-electron chi connectivity index (χ2n) is 8.23. The van der Waals surface area contributed by atoms with Crippen LogP contribution >= 0.6 is 11.9 Å². The molecule has 5 rings (SSSR count). The van der Waals surface area contributed by atoms with Gasteiger partial charge in [-0.05, 0) is 36.1 Å². The number of nitrogens with one attached hydrogen (secondary N) is 1. The van der Waals surface area contributed by atoms with E-state index in [-0.39, 0.29) is 24.0 Å². The molecule has 1 fully saturated rings. The lowest BCUT2D eigenvalue weighted by molar-refractivity contribution is -0.121. The molecule has 1 saturated carbocycles. The maximum Gasteiger partial charge on any atom is 0.238 e. The zero-order valence-electron chi connectivity index (χ0n) is 18.8. The molecule has 2 aliphatic rings. The highest BCUT2D eigenvalue weighted by Crippen LogP contribution is 2.55. The number of amides is 1. The van der Waals surface area contributed by atoms with Gasteiger partial charge in [0, 0.05) is 30.3 Å². The van der Waals surface area contributed by atoms with E-state index >= 15 is 8.78 Å². The van der Waals surface area contributed by atoms with Crippen LogP contribution in [0.2, 0.25) is 0 Å². The van der Waals surface area contributed by atoms with Crippen molar-refractivity contribution in [3.8, 4) is 22.8 Å². The summed E-state index contributed by atoms with van der Waals surface area (Å²) in [6.45, 7) is -0.0142. The number of ether oxygens (including phenoxy) is 2. The van der Waals surface area contributed by atoms with Crippen LogP contribution in [0.1, 0.15) is 24.0 Å². The Kier molecular flexibility index (Phi) is 5.55. The molecular weight excluding hydrogens is 462 g/mol. The van der Waals surface area contributed by atoms with Crippen LogP contribution in [0.25, 0.3) is 11.3 Å². The second-order valence-corrected chi connectivity index (χ2v) is 8.84. The molecule has 7 nitrogen and oxygen atoms in total. The smallest absolute Gasteiger partial charge is 0.238 e. The van der Waals surface area contributed by atoms with Crippen molar-refractivity contribution in [2.24, 2.45) is 0 Å². The van der Waals surface area contributed by atoms with Crippen LogP contribution in [0.3, 0.4) is 0 Å². The molecule has 3 aromatic rings. The Morgan fingerprint density at radius 3 is 2.38 bits per heavy atom. The van der Waals surface area contributed by atoms with E-state index in [4.69, 9.17) is 9.47 Å². The number of methoxy groups -OCH3 is 2. The minimum Gasteiger partial charge on any atom is -0.493 e. The predicted molar refractivity (Wildman–Crippen MR) is 126 cm³/mol. The topological polar surface area (TPSA) is 76.6 Å². The zero-order chi connectivity index (χ0) is 24.0. The molecule has 0 atom stereocenters. The first-order valence-corrected chi connectivity index (χ1v) is 11.8. The molecule has 1 amide bonds. The summed E-state index contributed by atoms with van der Waals surface area (Å²) in [4.78, 5) is 23.6. The summed E-state index contributed by atoms with van der Waals surface area (Å²) in [5.74, 6) is -2.63. The van der Waals surface area contributed by atoms with Crippen LogP contribution in [-0.2, 0) is 16.8 Å². The second kappa shape index (κ2) is 8.43. The number of anilines is 2. The third-order valence-corrected chi connectivity index (χ3v) is 6.75. The lowest BCUT2D eigenvalue weighted by atomic mass is 9.86. The van der Waals surface area contributed by atoms with Gasteiger partial charge in [-0.3, -0.25) is 14.8 Å². The summed E-state index contributed by atoms with van der Waals surface area (Å²) in [5, 5.41) is 0. The summed E-state index contributed by atoms with van der Waals surface area (Å²) in [7, 11) is 2.55.